The first-order chi connectivity index (χ1) is 10.3. The Balaban J connectivity index is 2.38. The lowest BCUT2D eigenvalue weighted by Crippen LogP contribution is -2.14. The molecule has 4 heteroatoms. The fraction of sp³-hybridized carbons (Fsp3) is 0.294. The Hall–Kier alpha value is -2.38. The molecule has 0 saturated carbocycles. The average Bonchev–Trinajstić information content (AvgIpc) is 2.55. The molecule has 1 heterocycles. The molecule has 1 N–H and O–H groups in total. The van der Waals surface area contributed by atoms with E-state index in [9.17, 15) is 0 Å². The number of rotatable bonds is 6. The van der Waals surface area contributed by atoms with Gasteiger partial charge in [-0.15, -0.1) is 0 Å². The molecular formula is C17H19N3O. The maximum Gasteiger partial charge on any atom is 0.119 e. The Kier molecular flexibility index (Phi) is 5.30. The summed E-state index contributed by atoms with van der Waals surface area (Å²) in [6, 6.07) is 9.95. The van der Waals surface area contributed by atoms with Crippen LogP contribution < -0.4 is 10.1 Å². The molecule has 108 valence electrons. The van der Waals surface area contributed by atoms with Gasteiger partial charge in [-0.05, 0) is 42.3 Å². The second kappa shape index (κ2) is 7.41. The van der Waals surface area contributed by atoms with Crippen molar-refractivity contribution in [3.8, 4) is 22.9 Å². The summed E-state index contributed by atoms with van der Waals surface area (Å²) in [5.41, 5.74) is 3.73. The predicted octanol–water partition coefficient (Wildman–Crippen LogP) is 3.13. The monoisotopic (exact) mass is 281 g/mol. The molecule has 0 bridgehead atoms. The molecule has 0 aliphatic rings. The Labute approximate surface area is 125 Å². The van der Waals surface area contributed by atoms with Crippen LogP contribution in [0.5, 0.6) is 5.75 Å². The number of nitriles is 1. The van der Waals surface area contributed by atoms with Gasteiger partial charge in [0.1, 0.15) is 11.8 Å². The van der Waals surface area contributed by atoms with E-state index in [2.05, 4.69) is 23.3 Å². The van der Waals surface area contributed by atoms with Crippen LogP contribution in [-0.4, -0.2) is 18.6 Å². The molecule has 21 heavy (non-hydrogen) atoms. The van der Waals surface area contributed by atoms with Crippen LogP contribution in [0.15, 0.2) is 36.7 Å². The third kappa shape index (κ3) is 3.80. The molecule has 0 atom stereocenters. The van der Waals surface area contributed by atoms with Crippen LogP contribution in [0.2, 0.25) is 0 Å². The molecule has 1 aromatic carbocycles. The average molecular weight is 281 g/mol. The van der Waals surface area contributed by atoms with Crippen LogP contribution in [0.25, 0.3) is 11.1 Å². The van der Waals surface area contributed by atoms with E-state index < -0.39 is 0 Å². The van der Waals surface area contributed by atoms with E-state index >= 15 is 0 Å². The highest BCUT2D eigenvalue weighted by Crippen LogP contribution is 2.27. The second-order valence-electron chi connectivity index (χ2n) is 4.77. The molecule has 2 rings (SSSR count). The van der Waals surface area contributed by atoms with E-state index in [0.717, 1.165) is 42.0 Å². The van der Waals surface area contributed by atoms with Crippen LogP contribution in [0.4, 0.5) is 0 Å². The Morgan fingerprint density at radius 2 is 2.14 bits per heavy atom. The molecule has 0 aliphatic heterocycles. The van der Waals surface area contributed by atoms with Gasteiger partial charge in [-0.3, -0.25) is 4.98 Å². The molecular weight excluding hydrogens is 262 g/mol. The predicted molar refractivity (Wildman–Crippen MR) is 82.9 cm³/mol. The summed E-state index contributed by atoms with van der Waals surface area (Å²) in [6.45, 7) is 3.87. The molecule has 0 radical (unpaired) electrons. The summed E-state index contributed by atoms with van der Waals surface area (Å²) in [6.07, 6.45) is 4.44. The lowest BCUT2D eigenvalue weighted by atomic mass is 9.99. The number of nitrogens with zero attached hydrogens (tertiary/aromatic N) is 2. The molecule has 0 unspecified atom stereocenters. The normalized spacial score (nSPS) is 10.1. The number of hydrogen-bond donors (Lipinski definition) is 1. The van der Waals surface area contributed by atoms with E-state index in [1.807, 2.05) is 24.3 Å². The van der Waals surface area contributed by atoms with Crippen molar-refractivity contribution in [1.82, 2.24) is 10.3 Å². The van der Waals surface area contributed by atoms with Crippen molar-refractivity contribution in [1.29, 1.82) is 5.26 Å². The number of benzene rings is 1. The molecule has 0 spiro atoms. The van der Waals surface area contributed by atoms with E-state index in [1.54, 1.807) is 19.5 Å². The van der Waals surface area contributed by atoms with Gasteiger partial charge in [0.05, 0.1) is 12.7 Å². The topological polar surface area (TPSA) is 57.9 Å². The second-order valence-corrected chi connectivity index (χ2v) is 4.77. The van der Waals surface area contributed by atoms with Gasteiger partial charge in [-0.25, -0.2) is 0 Å². The molecule has 0 saturated heterocycles. The standard InChI is InChI=1S/C17H19N3O/c1-3-6-19-11-15-8-16(21-2)4-5-17(15)14-7-13(9-18)10-20-12-14/h4-5,7-8,10,12,19H,3,6,11H2,1-2H3. The summed E-state index contributed by atoms with van der Waals surface area (Å²) in [5.74, 6) is 0.830. The number of methoxy groups -OCH3 is 1. The number of pyridine rings is 1. The van der Waals surface area contributed by atoms with E-state index in [0.29, 0.717) is 5.56 Å². The lowest BCUT2D eigenvalue weighted by molar-refractivity contribution is 0.414. The number of ether oxygens (including phenoxy) is 1. The fourth-order valence-electron chi connectivity index (χ4n) is 2.17. The highest BCUT2D eigenvalue weighted by Gasteiger charge is 2.08. The summed E-state index contributed by atoms with van der Waals surface area (Å²) in [4.78, 5) is 4.14. The van der Waals surface area contributed by atoms with Crippen LogP contribution in [-0.2, 0) is 6.54 Å². The van der Waals surface area contributed by atoms with Crippen molar-refractivity contribution < 1.29 is 4.74 Å². The molecule has 0 amide bonds. The van der Waals surface area contributed by atoms with Gasteiger partial charge in [0.2, 0.25) is 0 Å². The summed E-state index contributed by atoms with van der Waals surface area (Å²) in [7, 11) is 1.66. The Bertz CT molecular complexity index is 647. The quantitative estimate of drug-likeness (QED) is 0.826. The van der Waals surface area contributed by atoms with Gasteiger partial charge in [0.25, 0.3) is 0 Å². The van der Waals surface area contributed by atoms with Crippen LogP contribution in [0.1, 0.15) is 24.5 Å². The highest BCUT2D eigenvalue weighted by atomic mass is 16.5. The maximum absolute atomic E-state index is 9.01. The zero-order chi connectivity index (χ0) is 15.1. The first kappa shape index (κ1) is 15.0. The van der Waals surface area contributed by atoms with Crippen LogP contribution in [0, 0.1) is 11.3 Å². The van der Waals surface area contributed by atoms with Crippen molar-refractivity contribution >= 4 is 0 Å². The number of aromatic nitrogens is 1. The number of hydrogen-bond acceptors (Lipinski definition) is 4. The third-order valence-electron chi connectivity index (χ3n) is 3.23. The van der Waals surface area contributed by atoms with E-state index in [-0.39, 0.29) is 0 Å². The van der Waals surface area contributed by atoms with Crippen molar-refractivity contribution in [2.45, 2.75) is 19.9 Å². The van der Waals surface area contributed by atoms with Gasteiger partial charge >= 0.3 is 0 Å². The minimum atomic E-state index is 0.566. The summed E-state index contributed by atoms with van der Waals surface area (Å²) >= 11 is 0. The summed E-state index contributed by atoms with van der Waals surface area (Å²) < 4.78 is 5.30. The summed E-state index contributed by atoms with van der Waals surface area (Å²) in [5, 5.41) is 12.4. The van der Waals surface area contributed by atoms with Gasteiger partial charge in [0.15, 0.2) is 0 Å². The number of nitrogens with one attached hydrogen (secondary N) is 1. The van der Waals surface area contributed by atoms with Crippen LogP contribution in [0.3, 0.4) is 0 Å². The molecule has 4 nitrogen and oxygen atoms in total. The third-order valence-corrected chi connectivity index (χ3v) is 3.23. The van der Waals surface area contributed by atoms with Crippen molar-refractivity contribution in [3.05, 3.63) is 47.8 Å². The van der Waals surface area contributed by atoms with Gasteiger partial charge < -0.3 is 10.1 Å². The van der Waals surface area contributed by atoms with E-state index in [4.69, 9.17) is 10.00 Å². The Morgan fingerprint density at radius 1 is 1.29 bits per heavy atom. The zero-order valence-corrected chi connectivity index (χ0v) is 12.4. The minimum Gasteiger partial charge on any atom is -0.497 e. The lowest BCUT2D eigenvalue weighted by Gasteiger charge is -2.12. The molecule has 0 aliphatic carbocycles. The largest absolute Gasteiger partial charge is 0.497 e. The zero-order valence-electron chi connectivity index (χ0n) is 12.4. The molecule has 1 aromatic heterocycles. The Morgan fingerprint density at radius 3 is 2.86 bits per heavy atom. The molecule has 2 aromatic rings. The SMILES string of the molecule is CCCNCc1cc(OC)ccc1-c1cncc(C#N)c1. The van der Waals surface area contributed by atoms with Crippen LogP contribution >= 0.6 is 0 Å². The minimum absolute atomic E-state index is 0.566. The first-order valence-corrected chi connectivity index (χ1v) is 7.01. The highest BCUT2D eigenvalue weighted by molar-refractivity contribution is 5.68. The first-order valence-electron chi connectivity index (χ1n) is 7.01. The van der Waals surface area contributed by atoms with Gasteiger partial charge in [0, 0.05) is 24.5 Å². The van der Waals surface area contributed by atoms with Crippen molar-refractivity contribution in [2.75, 3.05) is 13.7 Å². The van der Waals surface area contributed by atoms with Crippen molar-refractivity contribution in [2.24, 2.45) is 0 Å². The smallest absolute Gasteiger partial charge is 0.119 e. The van der Waals surface area contributed by atoms with Gasteiger partial charge in [-0.1, -0.05) is 13.0 Å². The molecule has 0 fully saturated rings. The van der Waals surface area contributed by atoms with E-state index in [1.165, 1.54) is 0 Å². The van der Waals surface area contributed by atoms with Gasteiger partial charge in [-0.2, -0.15) is 5.26 Å². The fourth-order valence-corrected chi connectivity index (χ4v) is 2.17. The maximum atomic E-state index is 9.01. The van der Waals surface area contributed by atoms with Crippen molar-refractivity contribution in [3.63, 3.8) is 0 Å².